The molecule has 0 saturated heterocycles. The maximum absolute atomic E-state index is 14.0. The van der Waals surface area contributed by atoms with Crippen LogP contribution in [0.4, 0.5) is 4.39 Å². The molecule has 2 nitrogen and oxygen atoms in total. The first-order valence-corrected chi connectivity index (χ1v) is 8.80. The highest BCUT2D eigenvalue weighted by Gasteiger charge is 2.09. The van der Waals surface area contributed by atoms with Gasteiger partial charge in [0.2, 0.25) is 0 Å². The minimum absolute atomic E-state index is 0.144. The van der Waals surface area contributed by atoms with Gasteiger partial charge in [-0.25, -0.2) is 4.39 Å². The third-order valence-electron chi connectivity index (χ3n) is 4.44. The van der Waals surface area contributed by atoms with Gasteiger partial charge >= 0.3 is 0 Å². The zero-order valence-corrected chi connectivity index (χ0v) is 14.3. The van der Waals surface area contributed by atoms with Crippen molar-refractivity contribution < 1.29 is 4.39 Å². The monoisotopic (exact) mass is 324 g/mol. The molecule has 0 amide bonds. The smallest absolute Gasteiger partial charge is 0.128 e. The SMILES string of the molecule is CCCCCNCc1cn(Cc2ccccc2F)c2ccccc12. The first kappa shape index (κ1) is 16.7. The lowest BCUT2D eigenvalue weighted by Gasteiger charge is -2.06. The average molecular weight is 324 g/mol. The number of nitrogens with one attached hydrogen (secondary N) is 1. The van der Waals surface area contributed by atoms with E-state index in [-0.39, 0.29) is 5.82 Å². The van der Waals surface area contributed by atoms with Gasteiger partial charge in [-0.3, -0.25) is 0 Å². The molecule has 1 heterocycles. The highest BCUT2D eigenvalue weighted by molar-refractivity contribution is 5.84. The van der Waals surface area contributed by atoms with Crippen LogP contribution in [0.1, 0.15) is 37.3 Å². The zero-order valence-electron chi connectivity index (χ0n) is 14.3. The molecule has 0 aliphatic rings. The van der Waals surface area contributed by atoms with E-state index in [0.717, 1.165) is 24.2 Å². The molecule has 0 aliphatic carbocycles. The van der Waals surface area contributed by atoms with E-state index in [0.29, 0.717) is 6.54 Å². The lowest BCUT2D eigenvalue weighted by atomic mass is 10.1. The average Bonchev–Trinajstić information content (AvgIpc) is 2.95. The minimum atomic E-state index is -0.144. The summed E-state index contributed by atoms with van der Waals surface area (Å²) in [7, 11) is 0. The van der Waals surface area contributed by atoms with Crippen molar-refractivity contribution in [2.24, 2.45) is 0 Å². The van der Waals surface area contributed by atoms with Crippen LogP contribution in [-0.2, 0) is 13.1 Å². The first-order valence-electron chi connectivity index (χ1n) is 8.80. The van der Waals surface area contributed by atoms with Crippen molar-refractivity contribution in [3.05, 3.63) is 71.7 Å². The lowest BCUT2D eigenvalue weighted by molar-refractivity contribution is 0.600. The fraction of sp³-hybridized carbons (Fsp3) is 0.333. The van der Waals surface area contributed by atoms with Crippen LogP contribution in [-0.4, -0.2) is 11.1 Å². The molecule has 0 spiro atoms. The number of rotatable bonds is 8. The van der Waals surface area contributed by atoms with Gasteiger partial charge in [-0.2, -0.15) is 0 Å². The van der Waals surface area contributed by atoms with E-state index in [9.17, 15) is 4.39 Å². The molecule has 3 aromatic rings. The van der Waals surface area contributed by atoms with Gasteiger partial charge in [-0.05, 0) is 30.7 Å². The van der Waals surface area contributed by atoms with Crippen LogP contribution in [0.15, 0.2) is 54.7 Å². The summed E-state index contributed by atoms with van der Waals surface area (Å²) in [6.45, 7) is 4.68. The standard InChI is InChI=1S/C21H25FN2/c1-2-3-8-13-23-14-18-16-24(21-12-7-5-10-19(18)21)15-17-9-4-6-11-20(17)22/h4-7,9-12,16,23H,2-3,8,13-15H2,1H3. The highest BCUT2D eigenvalue weighted by atomic mass is 19.1. The number of nitrogens with zero attached hydrogens (tertiary/aromatic N) is 1. The van der Waals surface area contributed by atoms with Crippen molar-refractivity contribution in [2.75, 3.05) is 6.54 Å². The Labute approximate surface area is 143 Å². The second-order valence-electron chi connectivity index (χ2n) is 6.27. The van der Waals surface area contributed by atoms with Crippen LogP contribution < -0.4 is 5.32 Å². The minimum Gasteiger partial charge on any atom is -0.343 e. The first-order chi connectivity index (χ1) is 11.8. The van der Waals surface area contributed by atoms with Gasteiger partial charge in [-0.15, -0.1) is 0 Å². The molecule has 0 saturated carbocycles. The van der Waals surface area contributed by atoms with Gasteiger partial charge in [0.05, 0.1) is 6.54 Å². The maximum atomic E-state index is 14.0. The number of hydrogen-bond donors (Lipinski definition) is 1. The number of para-hydroxylation sites is 1. The van der Waals surface area contributed by atoms with Crippen molar-refractivity contribution in [3.8, 4) is 0 Å². The van der Waals surface area contributed by atoms with Gasteiger partial charge in [0.15, 0.2) is 0 Å². The number of unbranched alkanes of at least 4 members (excludes halogenated alkanes) is 2. The van der Waals surface area contributed by atoms with Gasteiger partial charge < -0.3 is 9.88 Å². The predicted octanol–water partition coefficient (Wildman–Crippen LogP) is 5.11. The fourth-order valence-electron chi connectivity index (χ4n) is 3.13. The van der Waals surface area contributed by atoms with E-state index < -0.39 is 0 Å². The van der Waals surface area contributed by atoms with Crippen LogP contribution >= 0.6 is 0 Å². The van der Waals surface area contributed by atoms with E-state index in [4.69, 9.17) is 0 Å². The number of aromatic nitrogens is 1. The molecule has 0 radical (unpaired) electrons. The van der Waals surface area contributed by atoms with E-state index in [1.165, 1.54) is 36.3 Å². The van der Waals surface area contributed by atoms with E-state index >= 15 is 0 Å². The second kappa shape index (κ2) is 8.11. The molecule has 126 valence electrons. The molecule has 3 rings (SSSR count). The van der Waals surface area contributed by atoms with Crippen molar-refractivity contribution in [1.82, 2.24) is 9.88 Å². The van der Waals surface area contributed by atoms with Crippen LogP contribution in [0.3, 0.4) is 0 Å². The normalized spacial score (nSPS) is 11.2. The summed E-state index contributed by atoms with van der Waals surface area (Å²) in [6.07, 6.45) is 5.87. The molecule has 1 aromatic heterocycles. The molecule has 0 aliphatic heterocycles. The maximum Gasteiger partial charge on any atom is 0.128 e. The fourth-order valence-corrected chi connectivity index (χ4v) is 3.13. The second-order valence-corrected chi connectivity index (χ2v) is 6.27. The molecular formula is C21H25FN2. The van der Waals surface area contributed by atoms with Crippen LogP contribution in [0.5, 0.6) is 0 Å². The number of fused-ring (bicyclic) bond motifs is 1. The Morgan fingerprint density at radius 2 is 1.75 bits per heavy atom. The lowest BCUT2D eigenvalue weighted by Crippen LogP contribution is -2.14. The van der Waals surface area contributed by atoms with Gasteiger partial charge in [0.25, 0.3) is 0 Å². The Morgan fingerprint density at radius 3 is 2.58 bits per heavy atom. The number of halogens is 1. The molecule has 2 aromatic carbocycles. The van der Waals surface area contributed by atoms with Gasteiger partial charge in [0, 0.05) is 29.2 Å². The van der Waals surface area contributed by atoms with Crippen molar-refractivity contribution >= 4 is 10.9 Å². The molecule has 3 heteroatoms. The van der Waals surface area contributed by atoms with Crippen LogP contribution in [0, 0.1) is 5.82 Å². The van der Waals surface area contributed by atoms with Gasteiger partial charge in [0.1, 0.15) is 5.82 Å². The van der Waals surface area contributed by atoms with Crippen LogP contribution in [0.2, 0.25) is 0 Å². The largest absolute Gasteiger partial charge is 0.343 e. The molecule has 1 N–H and O–H groups in total. The molecule has 0 bridgehead atoms. The summed E-state index contributed by atoms with van der Waals surface area (Å²) < 4.78 is 16.1. The third kappa shape index (κ3) is 3.85. The Bertz CT molecular complexity index is 791. The van der Waals surface area contributed by atoms with E-state index in [1.807, 2.05) is 18.2 Å². The summed E-state index contributed by atoms with van der Waals surface area (Å²) in [4.78, 5) is 0. The Hall–Kier alpha value is -2.13. The predicted molar refractivity (Wildman–Crippen MR) is 98.7 cm³/mol. The summed E-state index contributed by atoms with van der Waals surface area (Å²) in [5.41, 5.74) is 3.16. The Morgan fingerprint density at radius 1 is 0.958 bits per heavy atom. The van der Waals surface area contributed by atoms with E-state index in [1.54, 1.807) is 6.07 Å². The molecule has 0 fully saturated rings. The zero-order chi connectivity index (χ0) is 16.8. The van der Waals surface area contributed by atoms with E-state index in [2.05, 4.69) is 41.2 Å². The quantitative estimate of drug-likeness (QED) is 0.570. The highest BCUT2D eigenvalue weighted by Crippen LogP contribution is 2.23. The van der Waals surface area contributed by atoms with Gasteiger partial charge in [-0.1, -0.05) is 56.2 Å². The number of hydrogen-bond acceptors (Lipinski definition) is 1. The summed E-state index contributed by atoms with van der Waals surface area (Å²) in [5, 5.41) is 4.78. The summed E-state index contributed by atoms with van der Waals surface area (Å²) in [6, 6.07) is 15.4. The topological polar surface area (TPSA) is 17.0 Å². The summed E-state index contributed by atoms with van der Waals surface area (Å²) >= 11 is 0. The molecular weight excluding hydrogens is 299 g/mol. The molecule has 0 unspecified atom stereocenters. The van der Waals surface area contributed by atoms with Crippen molar-refractivity contribution in [1.29, 1.82) is 0 Å². The Kier molecular flexibility index (Phi) is 5.65. The third-order valence-corrected chi connectivity index (χ3v) is 4.44. The Balaban J connectivity index is 1.80. The van der Waals surface area contributed by atoms with Crippen LogP contribution in [0.25, 0.3) is 10.9 Å². The summed E-state index contributed by atoms with van der Waals surface area (Å²) in [5.74, 6) is -0.144. The molecule has 0 atom stereocenters. The van der Waals surface area contributed by atoms with Crippen molar-refractivity contribution in [3.63, 3.8) is 0 Å². The molecule has 24 heavy (non-hydrogen) atoms. The van der Waals surface area contributed by atoms with Crippen molar-refractivity contribution in [2.45, 2.75) is 39.3 Å². The number of benzene rings is 2.